The number of nitrogens with zero attached hydrogens (tertiary/aromatic N) is 4. The summed E-state index contributed by atoms with van der Waals surface area (Å²) < 4.78 is 1.24. The lowest BCUT2D eigenvalue weighted by Gasteiger charge is -2.08. The fraction of sp³-hybridized carbons (Fsp3) is 0.0476. The van der Waals surface area contributed by atoms with E-state index in [1.807, 2.05) is 36.4 Å². The van der Waals surface area contributed by atoms with Crippen LogP contribution < -0.4 is 5.32 Å². The molecule has 6 nitrogen and oxygen atoms in total. The molecule has 0 bridgehead atoms. The first kappa shape index (κ1) is 17.9. The molecule has 0 amide bonds. The number of benzene rings is 2. The lowest BCUT2D eigenvalue weighted by molar-refractivity contribution is 0.0947. The van der Waals surface area contributed by atoms with Crippen molar-refractivity contribution in [3.63, 3.8) is 0 Å². The van der Waals surface area contributed by atoms with E-state index in [2.05, 4.69) is 20.4 Å². The van der Waals surface area contributed by atoms with Crippen LogP contribution in [0.4, 0.5) is 5.95 Å². The fourth-order valence-electron chi connectivity index (χ4n) is 2.71. The van der Waals surface area contributed by atoms with Crippen molar-refractivity contribution < 1.29 is 4.79 Å². The second kappa shape index (κ2) is 8.02. The summed E-state index contributed by atoms with van der Waals surface area (Å²) in [4.78, 5) is 21.7. The summed E-state index contributed by atoms with van der Waals surface area (Å²) in [5.74, 6) is 0.389. The Morgan fingerprint density at radius 1 is 1.00 bits per heavy atom. The van der Waals surface area contributed by atoms with Crippen LogP contribution in [0.15, 0.2) is 79.1 Å². The first-order chi connectivity index (χ1) is 13.7. The highest BCUT2D eigenvalue weighted by molar-refractivity contribution is 6.33. The zero-order valence-electron chi connectivity index (χ0n) is 14.8. The topological polar surface area (TPSA) is 72.7 Å². The van der Waals surface area contributed by atoms with Crippen LogP contribution in [0.3, 0.4) is 0 Å². The van der Waals surface area contributed by atoms with Gasteiger partial charge < -0.3 is 5.32 Å². The van der Waals surface area contributed by atoms with Crippen LogP contribution >= 0.6 is 11.6 Å². The molecule has 4 aromatic rings. The highest BCUT2D eigenvalue weighted by atomic mass is 35.5. The number of pyridine rings is 1. The molecule has 0 aliphatic rings. The third-order valence-electron chi connectivity index (χ3n) is 4.12. The number of rotatable bonds is 5. The second-order valence-corrected chi connectivity index (χ2v) is 6.44. The van der Waals surface area contributed by atoms with Gasteiger partial charge in [-0.05, 0) is 29.8 Å². The number of nitrogens with one attached hydrogen (secondary N) is 1. The first-order valence-corrected chi connectivity index (χ1v) is 9.04. The zero-order chi connectivity index (χ0) is 19.3. The van der Waals surface area contributed by atoms with Crippen LogP contribution in [-0.4, -0.2) is 25.7 Å². The Labute approximate surface area is 166 Å². The van der Waals surface area contributed by atoms with E-state index >= 15 is 0 Å². The van der Waals surface area contributed by atoms with Gasteiger partial charge in [-0.3, -0.25) is 9.78 Å². The Hall–Kier alpha value is -3.51. The maximum atomic E-state index is 13.1. The molecule has 2 aromatic carbocycles. The second-order valence-electron chi connectivity index (χ2n) is 6.04. The minimum Gasteiger partial charge on any atom is -0.350 e. The van der Waals surface area contributed by atoms with Crippen molar-refractivity contribution in [2.45, 2.75) is 6.54 Å². The van der Waals surface area contributed by atoms with Crippen molar-refractivity contribution in [1.82, 2.24) is 19.7 Å². The number of carbonyl (C=O) groups excluding carboxylic acids is 1. The molecule has 2 heterocycles. The molecule has 138 valence electrons. The minimum absolute atomic E-state index is 0.340. The number of hydrogen-bond acceptors (Lipinski definition) is 5. The van der Waals surface area contributed by atoms with Gasteiger partial charge in [-0.2, -0.15) is 9.67 Å². The Bertz CT molecular complexity index is 1100. The van der Waals surface area contributed by atoms with E-state index in [4.69, 9.17) is 11.6 Å². The Kier molecular flexibility index (Phi) is 5.12. The van der Waals surface area contributed by atoms with E-state index in [0.29, 0.717) is 28.9 Å². The Morgan fingerprint density at radius 3 is 2.54 bits per heavy atom. The van der Waals surface area contributed by atoms with Crippen molar-refractivity contribution in [3.8, 4) is 11.4 Å². The van der Waals surface area contributed by atoms with Gasteiger partial charge in [0.15, 0.2) is 5.82 Å². The lowest BCUT2D eigenvalue weighted by atomic mass is 10.2. The molecule has 0 spiro atoms. The summed E-state index contributed by atoms with van der Waals surface area (Å²) in [5, 5.41) is 7.96. The van der Waals surface area contributed by atoms with E-state index < -0.39 is 0 Å². The summed E-state index contributed by atoms with van der Waals surface area (Å²) in [6.45, 7) is 0.502. The molecule has 0 aliphatic heterocycles. The molecule has 0 saturated carbocycles. The molecular formula is C21H16ClN5O. The lowest BCUT2D eigenvalue weighted by Crippen LogP contribution is -2.18. The predicted molar refractivity (Wildman–Crippen MR) is 108 cm³/mol. The van der Waals surface area contributed by atoms with Gasteiger partial charge in [0.2, 0.25) is 5.95 Å². The summed E-state index contributed by atoms with van der Waals surface area (Å²) >= 11 is 6.21. The van der Waals surface area contributed by atoms with E-state index in [9.17, 15) is 4.79 Å². The number of carbonyl (C=O) groups is 1. The van der Waals surface area contributed by atoms with Gasteiger partial charge in [0.05, 0.1) is 10.6 Å². The molecule has 0 fully saturated rings. The standard InChI is InChI=1S/C21H16ClN5O/c22-18-11-5-4-10-17(18)20(28)27-21(24-13-15-7-2-1-3-8-15)25-19(26-27)16-9-6-12-23-14-16/h1-12,14H,13H2,(H,24,25,26). The van der Waals surface area contributed by atoms with Crippen LogP contribution in [-0.2, 0) is 6.54 Å². The molecule has 1 N–H and O–H groups in total. The van der Waals surface area contributed by atoms with Gasteiger partial charge in [-0.1, -0.05) is 54.1 Å². The van der Waals surface area contributed by atoms with Crippen LogP contribution in [0, 0.1) is 0 Å². The summed E-state index contributed by atoms with van der Waals surface area (Å²) in [5.41, 5.74) is 2.13. The molecular weight excluding hydrogens is 374 g/mol. The van der Waals surface area contributed by atoms with E-state index in [1.165, 1.54) is 4.68 Å². The first-order valence-electron chi connectivity index (χ1n) is 8.67. The highest BCUT2D eigenvalue weighted by Crippen LogP contribution is 2.21. The summed E-state index contributed by atoms with van der Waals surface area (Å²) in [6, 6.07) is 20.4. The van der Waals surface area contributed by atoms with Crippen LogP contribution in [0.25, 0.3) is 11.4 Å². The minimum atomic E-state index is -0.358. The third kappa shape index (κ3) is 3.77. The number of anilines is 1. The van der Waals surface area contributed by atoms with Gasteiger partial charge in [-0.25, -0.2) is 0 Å². The van der Waals surface area contributed by atoms with E-state index in [-0.39, 0.29) is 5.91 Å². The molecule has 28 heavy (non-hydrogen) atoms. The fourth-order valence-corrected chi connectivity index (χ4v) is 2.93. The molecule has 0 saturated heterocycles. The van der Waals surface area contributed by atoms with Crippen molar-refractivity contribution in [1.29, 1.82) is 0 Å². The van der Waals surface area contributed by atoms with Gasteiger partial charge >= 0.3 is 0 Å². The quantitative estimate of drug-likeness (QED) is 0.551. The van der Waals surface area contributed by atoms with Crippen molar-refractivity contribution >= 4 is 23.5 Å². The SMILES string of the molecule is O=C(c1ccccc1Cl)n1nc(-c2cccnc2)nc1NCc1ccccc1. The Morgan fingerprint density at radius 2 is 1.79 bits per heavy atom. The molecule has 0 unspecified atom stereocenters. The van der Waals surface area contributed by atoms with E-state index in [1.54, 1.807) is 42.7 Å². The zero-order valence-corrected chi connectivity index (χ0v) is 15.5. The smallest absolute Gasteiger partial charge is 0.282 e. The van der Waals surface area contributed by atoms with Gasteiger partial charge in [0.1, 0.15) is 0 Å². The van der Waals surface area contributed by atoms with Crippen molar-refractivity contribution in [3.05, 3.63) is 95.3 Å². The Balaban J connectivity index is 1.71. The molecule has 0 aliphatic carbocycles. The van der Waals surface area contributed by atoms with Crippen molar-refractivity contribution in [2.24, 2.45) is 0 Å². The third-order valence-corrected chi connectivity index (χ3v) is 4.45. The highest BCUT2D eigenvalue weighted by Gasteiger charge is 2.20. The normalized spacial score (nSPS) is 10.6. The molecule has 0 atom stereocenters. The average Bonchev–Trinajstić information content (AvgIpc) is 3.18. The number of halogens is 1. The van der Waals surface area contributed by atoms with E-state index in [0.717, 1.165) is 11.1 Å². The monoisotopic (exact) mass is 389 g/mol. The van der Waals surface area contributed by atoms with Crippen LogP contribution in [0.5, 0.6) is 0 Å². The average molecular weight is 390 g/mol. The van der Waals surface area contributed by atoms with Crippen LogP contribution in [0.1, 0.15) is 15.9 Å². The van der Waals surface area contributed by atoms with Crippen molar-refractivity contribution in [2.75, 3.05) is 5.32 Å². The van der Waals surface area contributed by atoms with Gasteiger partial charge in [0.25, 0.3) is 5.91 Å². The number of aromatic nitrogens is 4. The summed E-state index contributed by atoms with van der Waals surface area (Å²) in [7, 11) is 0. The maximum absolute atomic E-state index is 13.1. The largest absolute Gasteiger partial charge is 0.350 e. The maximum Gasteiger partial charge on any atom is 0.282 e. The molecule has 4 rings (SSSR count). The molecule has 0 radical (unpaired) electrons. The predicted octanol–water partition coefficient (Wildman–Crippen LogP) is 4.29. The molecule has 2 aromatic heterocycles. The van der Waals surface area contributed by atoms with Gasteiger partial charge in [0, 0.05) is 24.5 Å². The summed E-state index contributed by atoms with van der Waals surface area (Å²) in [6.07, 6.45) is 3.32. The van der Waals surface area contributed by atoms with Crippen LogP contribution in [0.2, 0.25) is 5.02 Å². The number of hydrogen-bond donors (Lipinski definition) is 1. The molecule has 7 heteroatoms. The van der Waals surface area contributed by atoms with Gasteiger partial charge in [-0.15, -0.1) is 5.10 Å².